The molecule has 0 aliphatic carbocycles. The van der Waals surface area contributed by atoms with E-state index in [-0.39, 0.29) is 30.4 Å². The number of piperidine rings is 1. The van der Waals surface area contributed by atoms with Crippen LogP contribution in [0.3, 0.4) is 0 Å². The van der Waals surface area contributed by atoms with Crippen LogP contribution in [0.4, 0.5) is 9.18 Å². The molecule has 11 heteroatoms. The Bertz CT molecular complexity index is 1110. The van der Waals surface area contributed by atoms with Crippen LogP contribution in [0.25, 0.3) is 0 Å². The van der Waals surface area contributed by atoms with Crippen molar-refractivity contribution in [1.29, 1.82) is 0 Å². The van der Waals surface area contributed by atoms with Crippen LogP contribution in [0.2, 0.25) is 0 Å². The van der Waals surface area contributed by atoms with Gasteiger partial charge in [0.2, 0.25) is 11.9 Å². The van der Waals surface area contributed by atoms with Crippen molar-refractivity contribution in [3.63, 3.8) is 0 Å². The first-order chi connectivity index (χ1) is 18.2. The lowest BCUT2D eigenvalue weighted by Crippen LogP contribution is -2.51. The molecular formula is C27H36FN5O4S. The summed E-state index contributed by atoms with van der Waals surface area (Å²) >= 11 is 1.61. The van der Waals surface area contributed by atoms with E-state index in [0.717, 1.165) is 37.9 Å². The molecule has 0 unspecified atom stereocenters. The van der Waals surface area contributed by atoms with Crippen molar-refractivity contribution < 1.29 is 23.5 Å². The van der Waals surface area contributed by atoms with Crippen LogP contribution in [-0.4, -0.2) is 89.0 Å². The zero-order valence-corrected chi connectivity index (χ0v) is 23.1. The number of cyclic esters (lactones) is 1. The Morgan fingerprint density at radius 2 is 2.05 bits per heavy atom. The lowest BCUT2D eigenvalue weighted by Gasteiger charge is -2.41. The molecule has 0 saturated carbocycles. The molecule has 2 aromatic heterocycles. The summed E-state index contributed by atoms with van der Waals surface area (Å²) in [6.07, 6.45) is 2.04. The van der Waals surface area contributed by atoms with E-state index in [0.29, 0.717) is 43.1 Å². The second kappa shape index (κ2) is 12.7. The summed E-state index contributed by atoms with van der Waals surface area (Å²) in [6.45, 7) is 9.05. The molecule has 0 radical (unpaired) electrons. The molecule has 2 aliphatic rings. The third-order valence-electron chi connectivity index (χ3n) is 7.43. The van der Waals surface area contributed by atoms with Crippen molar-refractivity contribution in [2.24, 2.45) is 0 Å². The minimum atomic E-state index is -0.581. The number of ether oxygens (including phenoxy) is 1. The second-order valence-electron chi connectivity index (χ2n) is 10.1. The SMILES string of the molecule is Cc1cc(F)nc(C)c1C(=O)NCC[C@@H](C)N1CCC(N(Cc2ccsc2)C(=O)CN2CCOC2=O)CC1. The quantitative estimate of drug-likeness (QED) is 0.460. The van der Waals surface area contributed by atoms with Gasteiger partial charge in [0.1, 0.15) is 13.2 Å². The van der Waals surface area contributed by atoms with Crippen LogP contribution in [0.15, 0.2) is 22.9 Å². The Hall–Kier alpha value is -3.05. The molecule has 0 bridgehead atoms. The van der Waals surface area contributed by atoms with Gasteiger partial charge in [-0.15, -0.1) is 0 Å². The number of hydrogen-bond donors (Lipinski definition) is 1. The van der Waals surface area contributed by atoms with Gasteiger partial charge in [-0.1, -0.05) is 0 Å². The molecule has 206 valence electrons. The predicted molar refractivity (Wildman–Crippen MR) is 142 cm³/mol. The van der Waals surface area contributed by atoms with Crippen molar-refractivity contribution in [2.75, 3.05) is 39.3 Å². The molecule has 9 nitrogen and oxygen atoms in total. The number of halogens is 1. The highest BCUT2D eigenvalue weighted by atomic mass is 32.1. The van der Waals surface area contributed by atoms with Gasteiger partial charge in [0.25, 0.3) is 5.91 Å². The first-order valence-electron chi connectivity index (χ1n) is 13.1. The molecule has 1 atom stereocenters. The van der Waals surface area contributed by atoms with Gasteiger partial charge < -0.3 is 19.9 Å². The van der Waals surface area contributed by atoms with E-state index in [2.05, 4.69) is 27.5 Å². The number of carbonyl (C=O) groups excluding carboxylic acids is 3. The van der Waals surface area contributed by atoms with Crippen LogP contribution in [0.1, 0.15) is 53.4 Å². The van der Waals surface area contributed by atoms with Crippen LogP contribution in [0, 0.1) is 19.8 Å². The molecule has 4 heterocycles. The Balaban J connectivity index is 1.28. The number of thiophene rings is 1. The molecule has 2 saturated heterocycles. The van der Waals surface area contributed by atoms with E-state index in [1.165, 1.54) is 11.0 Å². The molecule has 38 heavy (non-hydrogen) atoms. The number of hydrogen-bond acceptors (Lipinski definition) is 7. The summed E-state index contributed by atoms with van der Waals surface area (Å²) in [5, 5.41) is 7.02. The highest BCUT2D eigenvalue weighted by molar-refractivity contribution is 7.07. The van der Waals surface area contributed by atoms with Gasteiger partial charge in [0.15, 0.2) is 0 Å². The van der Waals surface area contributed by atoms with E-state index in [4.69, 9.17) is 4.74 Å². The summed E-state index contributed by atoms with van der Waals surface area (Å²) in [4.78, 5) is 47.4. The van der Waals surface area contributed by atoms with Gasteiger partial charge in [-0.25, -0.2) is 9.78 Å². The minimum Gasteiger partial charge on any atom is -0.448 e. The van der Waals surface area contributed by atoms with E-state index < -0.39 is 12.0 Å². The smallest absolute Gasteiger partial charge is 0.410 e. The van der Waals surface area contributed by atoms with Crippen molar-refractivity contribution in [3.8, 4) is 0 Å². The maximum absolute atomic E-state index is 13.5. The number of nitrogens with zero attached hydrogens (tertiary/aromatic N) is 4. The van der Waals surface area contributed by atoms with Gasteiger partial charge in [-0.05, 0) is 74.1 Å². The third-order valence-corrected chi connectivity index (χ3v) is 8.16. The maximum atomic E-state index is 13.5. The van der Waals surface area contributed by atoms with Crippen molar-refractivity contribution in [3.05, 3.63) is 51.2 Å². The summed E-state index contributed by atoms with van der Waals surface area (Å²) in [6, 6.07) is 3.66. The first kappa shape index (κ1) is 28.0. The van der Waals surface area contributed by atoms with Gasteiger partial charge in [-0.3, -0.25) is 14.5 Å². The fourth-order valence-electron chi connectivity index (χ4n) is 5.26. The number of nitrogens with one attached hydrogen (secondary N) is 1. The zero-order chi connectivity index (χ0) is 27.2. The number of aromatic nitrogens is 1. The van der Waals surface area contributed by atoms with E-state index in [1.54, 1.807) is 25.2 Å². The number of carbonyl (C=O) groups is 3. The van der Waals surface area contributed by atoms with Gasteiger partial charge in [-0.2, -0.15) is 15.7 Å². The number of likely N-dealkylation sites (tertiary alicyclic amines) is 1. The molecule has 2 aromatic rings. The zero-order valence-electron chi connectivity index (χ0n) is 22.2. The Kier molecular flexibility index (Phi) is 9.32. The normalized spacial score (nSPS) is 17.4. The number of rotatable bonds is 10. The average molecular weight is 546 g/mol. The van der Waals surface area contributed by atoms with Crippen molar-refractivity contribution in [2.45, 2.75) is 58.7 Å². The lowest BCUT2D eigenvalue weighted by molar-refractivity contribution is -0.136. The molecule has 2 aliphatic heterocycles. The average Bonchev–Trinajstić information content (AvgIpc) is 3.53. The topological polar surface area (TPSA) is 95.1 Å². The second-order valence-corrected chi connectivity index (χ2v) is 10.9. The fourth-order valence-corrected chi connectivity index (χ4v) is 5.92. The summed E-state index contributed by atoms with van der Waals surface area (Å²) in [5.74, 6) is -0.865. The van der Waals surface area contributed by atoms with Crippen LogP contribution >= 0.6 is 11.3 Å². The minimum absolute atomic E-state index is 0.0435. The molecule has 4 rings (SSSR count). The first-order valence-corrected chi connectivity index (χ1v) is 14.1. The molecule has 1 N–H and O–H groups in total. The Morgan fingerprint density at radius 3 is 2.68 bits per heavy atom. The maximum Gasteiger partial charge on any atom is 0.410 e. The van der Waals surface area contributed by atoms with E-state index in [1.807, 2.05) is 16.3 Å². The standard InChI is InChI=1S/C27H36FN5O4S/c1-18-14-23(28)30-20(3)25(18)26(35)29-8-4-19(2)31-9-5-22(6-10-31)33(15-21-7-13-38-17-21)24(34)16-32-11-12-37-27(32)36/h7,13-14,17,19,22H,4-6,8-12,15-16H2,1-3H3,(H,29,35)/t19-/m1/s1. The third kappa shape index (κ3) is 6.87. The summed E-state index contributed by atoms with van der Waals surface area (Å²) in [5.41, 5.74) is 2.49. The number of pyridine rings is 1. The molecule has 2 fully saturated rings. The number of amides is 3. The Labute approximate surface area is 226 Å². The highest BCUT2D eigenvalue weighted by Gasteiger charge is 2.32. The summed E-state index contributed by atoms with van der Waals surface area (Å²) in [7, 11) is 0. The van der Waals surface area contributed by atoms with Gasteiger partial charge in [0, 0.05) is 38.3 Å². The van der Waals surface area contributed by atoms with Crippen LogP contribution in [-0.2, 0) is 16.1 Å². The fraction of sp³-hybridized carbons (Fsp3) is 0.556. The lowest BCUT2D eigenvalue weighted by atomic mass is 10.00. The highest BCUT2D eigenvalue weighted by Crippen LogP contribution is 2.23. The predicted octanol–water partition coefficient (Wildman–Crippen LogP) is 3.35. The monoisotopic (exact) mass is 545 g/mol. The summed E-state index contributed by atoms with van der Waals surface area (Å²) < 4.78 is 18.5. The van der Waals surface area contributed by atoms with E-state index >= 15 is 0 Å². The van der Waals surface area contributed by atoms with Gasteiger partial charge >= 0.3 is 6.09 Å². The number of aryl methyl sites for hydroxylation is 2. The van der Waals surface area contributed by atoms with Crippen LogP contribution in [0.5, 0.6) is 0 Å². The van der Waals surface area contributed by atoms with Crippen molar-refractivity contribution in [1.82, 2.24) is 25.0 Å². The molecule has 0 aromatic carbocycles. The van der Waals surface area contributed by atoms with Crippen LogP contribution < -0.4 is 5.32 Å². The molecule has 0 spiro atoms. The molecular weight excluding hydrogens is 509 g/mol. The van der Waals surface area contributed by atoms with Crippen molar-refractivity contribution >= 4 is 29.2 Å². The molecule has 3 amide bonds. The Morgan fingerprint density at radius 1 is 1.29 bits per heavy atom. The van der Waals surface area contributed by atoms with Gasteiger partial charge in [0.05, 0.1) is 17.8 Å². The largest absolute Gasteiger partial charge is 0.448 e. The van der Waals surface area contributed by atoms with E-state index in [9.17, 15) is 18.8 Å².